The zero-order chi connectivity index (χ0) is 9.00. The van der Waals surface area contributed by atoms with Crippen molar-refractivity contribution in [2.45, 2.75) is 33.2 Å². The molecule has 5 rings (SSSR count). The van der Waals surface area contributed by atoms with Gasteiger partial charge in [-0.1, -0.05) is 0 Å². The van der Waals surface area contributed by atoms with Gasteiger partial charge in [0.2, 0.25) is 0 Å². The molecule has 6 nitrogen and oxygen atoms in total. The average Bonchev–Trinajstić information content (AvgIpc) is 2.54. The van der Waals surface area contributed by atoms with Gasteiger partial charge in [-0.3, -0.25) is 0 Å². The Balaban J connectivity index is 2.08. The second-order valence-corrected chi connectivity index (χ2v) is 4.85. The van der Waals surface area contributed by atoms with Crippen molar-refractivity contribution in [2.24, 2.45) is 34.4 Å². The summed E-state index contributed by atoms with van der Waals surface area (Å²) in [5.41, 5.74) is 31.5. The standard InChI is InChI=1S/C6H12N6/c7-1-2(8)3(1,9)6(12)4(1,10)5(2,6)11/h7-12H2. The molecule has 0 aromatic rings. The fourth-order valence-corrected chi connectivity index (χ4v) is 4.82. The lowest BCUT2D eigenvalue weighted by Gasteiger charge is -2.40. The van der Waals surface area contributed by atoms with Crippen LogP contribution < -0.4 is 34.4 Å². The van der Waals surface area contributed by atoms with Crippen LogP contribution in [0.5, 0.6) is 0 Å². The number of rotatable bonds is 0. The average molecular weight is 168 g/mol. The second kappa shape index (κ2) is 0.802. The third-order valence-corrected chi connectivity index (χ3v) is 5.47. The first-order valence-corrected chi connectivity index (χ1v) is 3.98. The minimum Gasteiger partial charge on any atom is -0.320 e. The van der Waals surface area contributed by atoms with Crippen LogP contribution >= 0.6 is 0 Å². The van der Waals surface area contributed by atoms with E-state index >= 15 is 0 Å². The summed E-state index contributed by atoms with van der Waals surface area (Å²) in [6, 6.07) is 0. The van der Waals surface area contributed by atoms with Crippen molar-refractivity contribution in [3.05, 3.63) is 0 Å². The van der Waals surface area contributed by atoms with E-state index in [-0.39, 0.29) is 0 Å². The van der Waals surface area contributed by atoms with E-state index in [1.165, 1.54) is 0 Å². The van der Waals surface area contributed by atoms with Crippen molar-refractivity contribution >= 4 is 0 Å². The van der Waals surface area contributed by atoms with Gasteiger partial charge in [0.15, 0.2) is 0 Å². The monoisotopic (exact) mass is 168 g/mol. The lowest BCUT2D eigenvalue weighted by Crippen LogP contribution is -2.77. The molecule has 0 radical (unpaired) electrons. The lowest BCUT2D eigenvalue weighted by molar-refractivity contribution is 0.239. The predicted molar refractivity (Wildman–Crippen MR) is 41.5 cm³/mol. The Kier molecular flexibility index (Phi) is 0.417. The number of nitrogens with two attached hydrogens (primary N) is 6. The van der Waals surface area contributed by atoms with Gasteiger partial charge in [-0.25, -0.2) is 0 Å². The molecule has 0 unspecified atom stereocenters. The minimum absolute atomic E-state index is 0.698. The van der Waals surface area contributed by atoms with Crippen molar-refractivity contribution in [3.8, 4) is 0 Å². The summed E-state index contributed by atoms with van der Waals surface area (Å²) in [6.07, 6.45) is 0. The molecule has 0 spiro atoms. The normalized spacial score (nSPS) is 97.5. The summed E-state index contributed by atoms with van der Waals surface area (Å²) in [6.45, 7) is 0. The van der Waals surface area contributed by atoms with Crippen molar-refractivity contribution in [1.82, 2.24) is 0 Å². The minimum atomic E-state index is -0.698. The molecule has 0 saturated heterocycles. The summed E-state index contributed by atoms with van der Waals surface area (Å²) in [5, 5.41) is 0. The molecule has 0 aromatic carbocycles. The SMILES string of the molecule is NC12C3(N)C1(N)C1(N)C2(N)C31N. The van der Waals surface area contributed by atoms with Crippen LogP contribution in [-0.2, 0) is 0 Å². The summed E-state index contributed by atoms with van der Waals surface area (Å²) in [4.78, 5) is 0. The summed E-state index contributed by atoms with van der Waals surface area (Å²) in [5.74, 6) is 0. The molecule has 0 heterocycles. The fourth-order valence-electron chi connectivity index (χ4n) is 4.82. The first kappa shape index (κ1) is 6.25. The van der Waals surface area contributed by atoms with Crippen LogP contribution in [0.2, 0.25) is 0 Å². The Bertz CT molecular complexity index is 234. The molecule has 5 aliphatic carbocycles. The molecular weight excluding hydrogens is 156 g/mol. The van der Waals surface area contributed by atoms with Crippen molar-refractivity contribution in [3.63, 3.8) is 0 Å². The van der Waals surface area contributed by atoms with E-state index in [1.54, 1.807) is 0 Å². The summed E-state index contributed by atoms with van der Waals surface area (Å²) in [7, 11) is 0. The highest BCUT2D eigenvalue weighted by molar-refractivity contribution is 6.00. The van der Waals surface area contributed by atoms with Crippen molar-refractivity contribution in [2.75, 3.05) is 0 Å². The van der Waals surface area contributed by atoms with E-state index in [4.69, 9.17) is 34.4 Å². The Morgan fingerprint density at radius 2 is 0.417 bits per heavy atom. The highest BCUT2D eigenvalue weighted by atomic mass is 15.6. The van der Waals surface area contributed by atoms with E-state index in [0.717, 1.165) is 0 Å². The summed E-state index contributed by atoms with van der Waals surface area (Å²) < 4.78 is 0. The second-order valence-electron chi connectivity index (χ2n) is 4.85. The molecule has 0 amide bonds. The molecule has 0 bridgehead atoms. The molecular formula is C6H12N6. The van der Waals surface area contributed by atoms with Crippen LogP contribution in [0.3, 0.4) is 0 Å². The Labute approximate surface area is 68.6 Å². The fraction of sp³-hybridized carbons (Fsp3) is 1.00. The van der Waals surface area contributed by atoms with E-state index in [0.29, 0.717) is 0 Å². The van der Waals surface area contributed by atoms with Crippen LogP contribution in [-0.4, -0.2) is 33.2 Å². The number of hydrogen-bond acceptors (Lipinski definition) is 6. The third kappa shape index (κ3) is 0.127. The molecule has 12 heavy (non-hydrogen) atoms. The maximum absolute atomic E-state index is 5.95. The topological polar surface area (TPSA) is 156 Å². The van der Waals surface area contributed by atoms with Crippen LogP contribution in [0.25, 0.3) is 0 Å². The van der Waals surface area contributed by atoms with E-state index < -0.39 is 33.2 Å². The van der Waals surface area contributed by atoms with Crippen molar-refractivity contribution < 1.29 is 0 Å². The molecule has 5 fully saturated rings. The van der Waals surface area contributed by atoms with Crippen LogP contribution in [0, 0.1) is 0 Å². The van der Waals surface area contributed by atoms with Gasteiger partial charge in [0.05, 0.1) is 33.2 Å². The largest absolute Gasteiger partial charge is 0.320 e. The zero-order valence-corrected chi connectivity index (χ0v) is 6.46. The van der Waals surface area contributed by atoms with Crippen LogP contribution in [0.1, 0.15) is 0 Å². The highest BCUT2D eigenvalue weighted by Gasteiger charge is 3.36. The van der Waals surface area contributed by atoms with E-state index in [1.807, 2.05) is 0 Å². The highest BCUT2D eigenvalue weighted by Crippen LogP contribution is 3.05. The number of hydrogen-bond donors (Lipinski definition) is 6. The van der Waals surface area contributed by atoms with Gasteiger partial charge in [-0.2, -0.15) is 0 Å². The lowest BCUT2D eigenvalue weighted by atomic mass is 9.78. The van der Waals surface area contributed by atoms with Crippen LogP contribution in [0.15, 0.2) is 0 Å². The van der Waals surface area contributed by atoms with Crippen LogP contribution in [0.4, 0.5) is 0 Å². The van der Waals surface area contributed by atoms with Gasteiger partial charge in [0, 0.05) is 0 Å². The van der Waals surface area contributed by atoms with Crippen molar-refractivity contribution in [1.29, 1.82) is 0 Å². The Morgan fingerprint density at radius 3 is 0.500 bits per heavy atom. The quantitative estimate of drug-likeness (QED) is 0.213. The molecule has 12 N–H and O–H groups in total. The first-order valence-electron chi connectivity index (χ1n) is 3.98. The zero-order valence-electron chi connectivity index (χ0n) is 6.46. The van der Waals surface area contributed by atoms with Gasteiger partial charge in [-0.15, -0.1) is 0 Å². The Morgan fingerprint density at radius 1 is 0.333 bits per heavy atom. The van der Waals surface area contributed by atoms with E-state index in [2.05, 4.69) is 0 Å². The smallest absolute Gasteiger partial charge is 0.0819 e. The summed E-state index contributed by atoms with van der Waals surface area (Å²) >= 11 is 0. The van der Waals surface area contributed by atoms with E-state index in [9.17, 15) is 0 Å². The maximum atomic E-state index is 5.95. The molecule has 6 heteroatoms. The predicted octanol–water partition coefficient (Wildman–Crippen LogP) is -4.77. The Hall–Kier alpha value is -0.240. The van der Waals surface area contributed by atoms with Gasteiger partial charge in [0.1, 0.15) is 0 Å². The van der Waals surface area contributed by atoms with Gasteiger partial charge in [0.25, 0.3) is 0 Å². The van der Waals surface area contributed by atoms with Gasteiger partial charge >= 0.3 is 0 Å². The van der Waals surface area contributed by atoms with Gasteiger partial charge < -0.3 is 34.4 Å². The molecule has 5 aliphatic rings. The molecule has 5 saturated carbocycles. The maximum Gasteiger partial charge on any atom is 0.0819 e. The molecule has 0 atom stereocenters. The van der Waals surface area contributed by atoms with Gasteiger partial charge in [-0.05, 0) is 0 Å². The first-order chi connectivity index (χ1) is 5.25. The molecule has 0 aromatic heterocycles. The molecule has 0 aliphatic heterocycles. The third-order valence-electron chi connectivity index (χ3n) is 5.47. The molecule has 66 valence electrons.